The van der Waals surface area contributed by atoms with Gasteiger partial charge < -0.3 is 5.84 Å². The van der Waals surface area contributed by atoms with Crippen molar-refractivity contribution in [3.05, 3.63) is 16.0 Å². The highest BCUT2D eigenvalue weighted by Gasteiger charge is 2.17. The molecule has 0 amide bonds. The average Bonchev–Trinajstić information content (AvgIpc) is 2.11. The number of nitrogens with two attached hydrogens (primary N) is 1. The Morgan fingerprint density at radius 3 is 2.47 bits per heavy atom. The van der Waals surface area contributed by atoms with Crippen molar-refractivity contribution in [3.63, 3.8) is 0 Å². The Hall–Kier alpha value is -1.04. The minimum atomic E-state index is -0.260. The van der Waals surface area contributed by atoms with Gasteiger partial charge in [0.2, 0.25) is 5.16 Å². The zero-order chi connectivity index (χ0) is 11.6. The quantitative estimate of drug-likeness (QED) is 0.594. The third-order valence-electron chi connectivity index (χ3n) is 1.81. The normalized spacial score (nSPS) is 11.7. The van der Waals surface area contributed by atoms with Gasteiger partial charge >= 0.3 is 0 Å². The van der Waals surface area contributed by atoms with Crippen LogP contribution in [0.1, 0.15) is 26.5 Å². The summed E-state index contributed by atoms with van der Waals surface area (Å²) in [6.07, 6.45) is 2.38. The van der Waals surface area contributed by atoms with Crippen molar-refractivity contribution in [1.29, 1.82) is 0 Å². The van der Waals surface area contributed by atoms with E-state index in [0.29, 0.717) is 17.3 Å². The van der Waals surface area contributed by atoms with Crippen LogP contribution in [0.4, 0.5) is 0 Å². The molecule has 0 radical (unpaired) electrons. The predicted octanol–water partition coefficient (Wildman–Crippen LogP) is 0.663. The summed E-state index contributed by atoms with van der Waals surface area (Å²) in [5.41, 5.74) is 0.161. The molecule has 1 heterocycles. The Bertz CT molecular complexity index is 408. The van der Waals surface area contributed by atoms with Gasteiger partial charge in [-0.3, -0.25) is 4.79 Å². The van der Waals surface area contributed by atoms with E-state index < -0.39 is 0 Å². The standard InChI is InChI=1S/C9H16N4OS/c1-9(2,3)5-6-7(14)13(10)8(15-4)12-11-6/h5,10H2,1-4H3. The van der Waals surface area contributed by atoms with E-state index in [4.69, 9.17) is 5.84 Å². The van der Waals surface area contributed by atoms with Crippen LogP contribution in [0, 0.1) is 5.41 Å². The van der Waals surface area contributed by atoms with Crippen LogP contribution >= 0.6 is 11.8 Å². The first-order chi connectivity index (χ1) is 6.85. The van der Waals surface area contributed by atoms with Crippen LogP contribution in [0.3, 0.4) is 0 Å². The number of aromatic nitrogens is 3. The highest BCUT2D eigenvalue weighted by Crippen LogP contribution is 2.17. The van der Waals surface area contributed by atoms with E-state index in [2.05, 4.69) is 10.2 Å². The van der Waals surface area contributed by atoms with Crippen LogP contribution in [-0.4, -0.2) is 21.1 Å². The van der Waals surface area contributed by atoms with Crippen molar-refractivity contribution in [2.75, 3.05) is 12.1 Å². The van der Waals surface area contributed by atoms with Gasteiger partial charge in [0, 0.05) is 6.42 Å². The molecule has 0 aromatic carbocycles. The molecule has 0 aliphatic carbocycles. The summed E-state index contributed by atoms with van der Waals surface area (Å²) in [7, 11) is 0. The number of nitrogens with zero attached hydrogens (tertiary/aromatic N) is 3. The summed E-state index contributed by atoms with van der Waals surface area (Å²) in [6, 6.07) is 0. The van der Waals surface area contributed by atoms with Gasteiger partial charge in [-0.05, 0) is 11.7 Å². The van der Waals surface area contributed by atoms with E-state index >= 15 is 0 Å². The number of rotatable bonds is 2. The molecule has 0 unspecified atom stereocenters. The number of hydrogen-bond donors (Lipinski definition) is 1. The van der Waals surface area contributed by atoms with Gasteiger partial charge in [-0.2, -0.15) is 4.68 Å². The van der Waals surface area contributed by atoms with E-state index in [9.17, 15) is 4.79 Å². The van der Waals surface area contributed by atoms with Crippen LogP contribution in [0.2, 0.25) is 0 Å². The highest BCUT2D eigenvalue weighted by atomic mass is 32.2. The first-order valence-electron chi connectivity index (χ1n) is 4.63. The highest BCUT2D eigenvalue weighted by molar-refractivity contribution is 7.98. The lowest BCUT2D eigenvalue weighted by atomic mass is 9.91. The zero-order valence-electron chi connectivity index (χ0n) is 9.44. The molecule has 1 rings (SSSR count). The van der Waals surface area contributed by atoms with Crippen molar-refractivity contribution in [3.8, 4) is 0 Å². The first-order valence-corrected chi connectivity index (χ1v) is 5.85. The molecule has 2 N–H and O–H groups in total. The summed E-state index contributed by atoms with van der Waals surface area (Å²) in [6.45, 7) is 6.12. The summed E-state index contributed by atoms with van der Waals surface area (Å²) in [4.78, 5) is 11.7. The number of hydrogen-bond acceptors (Lipinski definition) is 5. The molecule has 0 atom stereocenters. The monoisotopic (exact) mass is 228 g/mol. The lowest BCUT2D eigenvalue weighted by Crippen LogP contribution is -2.35. The Morgan fingerprint density at radius 1 is 1.40 bits per heavy atom. The lowest BCUT2D eigenvalue weighted by Gasteiger charge is -2.16. The molecule has 0 bridgehead atoms. The second-order valence-corrected chi connectivity index (χ2v) is 5.32. The van der Waals surface area contributed by atoms with Gasteiger partial charge in [0.15, 0.2) is 0 Å². The second kappa shape index (κ2) is 4.22. The van der Waals surface area contributed by atoms with Crippen molar-refractivity contribution in [1.82, 2.24) is 14.9 Å². The Kier molecular flexibility index (Phi) is 3.38. The molecule has 0 saturated carbocycles. The van der Waals surface area contributed by atoms with Gasteiger partial charge in [0.1, 0.15) is 5.69 Å². The molecular weight excluding hydrogens is 212 g/mol. The van der Waals surface area contributed by atoms with Gasteiger partial charge in [-0.25, -0.2) is 0 Å². The fraction of sp³-hybridized carbons (Fsp3) is 0.667. The Balaban J connectivity index is 3.13. The molecule has 0 aliphatic rings. The third kappa shape index (κ3) is 2.95. The van der Waals surface area contributed by atoms with Crippen LogP contribution in [-0.2, 0) is 6.42 Å². The summed E-state index contributed by atoms with van der Waals surface area (Å²) < 4.78 is 1.05. The molecule has 6 heteroatoms. The van der Waals surface area contributed by atoms with E-state index in [1.165, 1.54) is 11.8 Å². The molecule has 1 aromatic heterocycles. The molecule has 1 aromatic rings. The van der Waals surface area contributed by atoms with Crippen molar-refractivity contribution < 1.29 is 0 Å². The summed E-state index contributed by atoms with van der Waals surface area (Å²) in [5.74, 6) is 5.59. The van der Waals surface area contributed by atoms with Crippen LogP contribution in [0.5, 0.6) is 0 Å². The molecule has 0 spiro atoms. The lowest BCUT2D eigenvalue weighted by molar-refractivity contribution is 0.398. The van der Waals surface area contributed by atoms with E-state index in [1.807, 2.05) is 20.8 Å². The maximum atomic E-state index is 11.7. The van der Waals surface area contributed by atoms with Crippen molar-refractivity contribution in [2.45, 2.75) is 32.3 Å². The predicted molar refractivity (Wildman–Crippen MR) is 61.4 cm³/mol. The van der Waals surface area contributed by atoms with Crippen LogP contribution in [0.15, 0.2) is 9.95 Å². The minimum absolute atomic E-state index is 0.00170. The van der Waals surface area contributed by atoms with E-state index in [0.717, 1.165) is 4.68 Å². The fourth-order valence-electron chi connectivity index (χ4n) is 1.17. The molecular formula is C9H16N4OS. The fourth-order valence-corrected chi connectivity index (χ4v) is 1.57. The molecule has 84 valence electrons. The molecule has 0 fully saturated rings. The maximum absolute atomic E-state index is 11.7. The van der Waals surface area contributed by atoms with Crippen LogP contribution < -0.4 is 11.4 Å². The Labute approximate surface area is 93.1 Å². The zero-order valence-corrected chi connectivity index (χ0v) is 10.3. The second-order valence-electron chi connectivity index (χ2n) is 4.55. The van der Waals surface area contributed by atoms with Gasteiger partial charge in [-0.1, -0.05) is 32.5 Å². The topological polar surface area (TPSA) is 73.8 Å². The van der Waals surface area contributed by atoms with Gasteiger partial charge in [0.05, 0.1) is 0 Å². The molecule has 0 saturated heterocycles. The smallest absolute Gasteiger partial charge is 0.294 e. The van der Waals surface area contributed by atoms with Gasteiger partial charge in [-0.15, -0.1) is 10.2 Å². The first kappa shape index (κ1) is 12.0. The number of nitrogen functional groups attached to an aromatic ring is 1. The molecule has 5 nitrogen and oxygen atoms in total. The summed E-state index contributed by atoms with van der Waals surface area (Å²) >= 11 is 1.30. The van der Waals surface area contributed by atoms with Crippen LogP contribution in [0.25, 0.3) is 0 Å². The summed E-state index contributed by atoms with van der Waals surface area (Å²) in [5, 5.41) is 8.23. The Morgan fingerprint density at radius 2 is 2.00 bits per heavy atom. The maximum Gasteiger partial charge on any atom is 0.294 e. The van der Waals surface area contributed by atoms with Crippen molar-refractivity contribution >= 4 is 11.8 Å². The number of thioether (sulfide) groups is 1. The molecule has 0 aliphatic heterocycles. The minimum Gasteiger partial charge on any atom is -0.334 e. The van der Waals surface area contributed by atoms with Crippen molar-refractivity contribution in [2.24, 2.45) is 5.41 Å². The SMILES string of the molecule is CSc1nnc(CC(C)(C)C)c(=O)n1N. The van der Waals surface area contributed by atoms with Gasteiger partial charge in [0.25, 0.3) is 5.56 Å². The average molecular weight is 228 g/mol. The van der Waals surface area contributed by atoms with E-state index in [-0.39, 0.29) is 11.0 Å². The molecule has 15 heavy (non-hydrogen) atoms. The van der Waals surface area contributed by atoms with E-state index in [1.54, 1.807) is 6.26 Å². The largest absolute Gasteiger partial charge is 0.334 e. The third-order valence-corrected chi connectivity index (χ3v) is 2.45.